The molecular weight excluding hydrogens is 268 g/mol. The highest BCUT2D eigenvalue weighted by molar-refractivity contribution is 6.29. The topological polar surface area (TPSA) is 77.0 Å². The van der Waals surface area contributed by atoms with Crippen LogP contribution < -0.4 is 10.1 Å². The molecule has 0 atom stereocenters. The third-order valence-electron chi connectivity index (χ3n) is 2.33. The van der Waals surface area contributed by atoms with Crippen molar-refractivity contribution in [2.45, 2.75) is 6.92 Å². The quantitative estimate of drug-likeness (QED) is 0.870. The number of carbonyl (C=O) groups is 1. The van der Waals surface area contributed by atoms with E-state index in [2.05, 4.69) is 20.3 Å². The number of aromatic nitrogens is 3. The zero-order valence-corrected chi connectivity index (χ0v) is 11.1. The second kappa shape index (κ2) is 5.62. The Kier molecular flexibility index (Phi) is 3.91. The van der Waals surface area contributed by atoms with Gasteiger partial charge in [-0.2, -0.15) is 4.98 Å². The number of hydrogen-bond acceptors (Lipinski definition) is 5. The van der Waals surface area contributed by atoms with Crippen LogP contribution in [0.2, 0.25) is 5.15 Å². The molecule has 0 fully saturated rings. The van der Waals surface area contributed by atoms with Crippen LogP contribution in [0.5, 0.6) is 5.88 Å². The van der Waals surface area contributed by atoms with E-state index in [9.17, 15) is 4.79 Å². The summed E-state index contributed by atoms with van der Waals surface area (Å²) in [5.41, 5.74) is 1.07. The fourth-order valence-electron chi connectivity index (χ4n) is 1.44. The summed E-state index contributed by atoms with van der Waals surface area (Å²) in [6.07, 6.45) is 1.54. The van der Waals surface area contributed by atoms with Gasteiger partial charge in [-0.3, -0.25) is 15.1 Å². The van der Waals surface area contributed by atoms with Crippen LogP contribution in [0, 0.1) is 6.92 Å². The number of carbonyl (C=O) groups excluding carboxylic acids is 1. The smallest absolute Gasteiger partial charge is 0.276 e. The fraction of sp³-hybridized carbons (Fsp3) is 0.167. The predicted molar refractivity (Wildman–Crippen MR) is 70.5 cm³/mol. The standard InChI is InChI=1S/C12H11ClN4O2/c1-7-4-3-5-14-10(7)11(18)17-12-15-8(13)6-9(16-12)19-2/h3-6H,1-2H3,(H,15,16,17,18). The Labute approximate surface area is 114 Å². The number of pyridine rings is 1. The van der Waals surface area contributed by atoms with E-state index < -0.39 is 5.91 Å². The minimum absolute atomic E-state index is 0.0689. The van der Waals surface area contributed by atoms with Crippen molar-refractivity contribution in [3.8, 4) is 5.88 Å². The Morgan fingerprint density at radius 3 is 2.89 bits per heavy atom. The van der Waals surface area contributed by atoms with Gasteiger partial charge in [0.1, 0.15) is 10.8 Å². The van der Waals surface area contributed by atoms with Crippen LogP contribution in [0.15, 0.2) is 24.4 Å². The third kappa shape index (κ3) is 3.17. The molecule has 0 aromatic carbocycles. The van der Waals surface area contributed by atoms with E-state index in [0.717, 1.165) is 5.56 Å². The summed E-state index contributed by atoms with van der Waals surface area (Å²) in [6.45, 7) is 1.79. The second-order valence-electron chi connectivity index (χ2n) is 3.68. The van der Waals surface area contributed by atoms with Gasteiger partial charge in [-0.05, 0) is 18.6 Å². The average molecular weight is 279 g/mol. The summed E-state index contributed by atoms with van der Waals surface area (Å²) in [7, 11) is 1.45. The second-order valence-corrected chi connectivity index (χ2v) is 4.07. The molecule has 0 radical (unpaired) electrons. The molecule has 0 aliphatic rings. The molecule has 0 aliphatic heterocycles. The molecule has 1 amide bonds. The molecule has 2 heterocycles. The normalized spacial score (nSPS) is 10.1. The molecule has 0 saturated heterocycles. The SMILES string of the molecule is COc1cc(Cl)nc(NC(=O)c2ncccc2C)n1. The van der Waals surface area contributed by atoms with Gasteiger partial charge in [0.15, 0.2) is 0 Å². The van der Waals surface area contributed by atoms with Gasteiger partial charge in [0, 0.05) is 12.3 Å². The van der Waals surface area contributed by atoms with Crippen molar-refractivity contribution in [3.05, 3.63) is 40.8 Å². The van der Waals surface area contributed by atoms with Crippen LogP contribution in [0.3, 0.4) is 0 Å². The first-order chi connectivity index (χ1) is 9.10. The van der Waals surface area contributed by atoms with Gasteiger partial charge in [-0.1, -0.05) is 17.7 Å². The lowest BCUT2D eigenvalue weighted by Gasteiger charge is -2.06. The van der Waals surface area contributed by atoms with Gasteiger partial charge in [0.05, 0.1) is 7.11 Å². The number of nitrogens with zero attached hydrogens (tertiary/aromatic N) is 3. The molecule has 19 heavy (non-hydrogen) atoms. The van der Waals surface area contributed by atoms with Crippen LogP contribution in [-0.4, -0.2) is 28.0 Å². The number of methoxy groups -OCH3 is 1. The molecule has 2 aromatic rings. The number of aryl methyl sites for hydroxylation is 1. The number of anilines is 1. The number of halogens is 1. The van der Waals surface area contributed by atoms with Gasteiger partial charge in [-0.15, -0.1) is 0 Å². The molecule has 0 bridgehead atoms. The van der Waals surface area contributed by atoms with Gasteiger partial charge in [-0.25, -0.2) is 4.98 Å². The Hall–Kier alpha value is -2.21. The van der Waals surface area contributed by atoms with E-state index in [1.54, 1.807) is 25.3 Å². The van der Waals surface area contributed by atoms with Crippen molar-refractivity contribution in [2.75, 3.05) is 12.4 Å². The van der Waals surface area contributed by atoms with Gasteiger partial charge in [0.2, 0.25) is 11.8 Å². The lowest BCUT2D eigenvalue weighted by molar-refractivity contribution is 0.102. The maximum Gasteiger partial charge on any atom is 0.276 e. The van der Waals surface area contributed by atoms with Crippen molar-refractivity contribution >= 4 is 23.5 Å². The van der Waals surface area contributed by atoms with Crippen molar-refractivity contribution in [2.24, 2.45) is 0 Å². The van der Waals surface area contributed by atoms with Crippen LogP contribution in [0.1, 0.15) is 16.1 Å². The van der Waals surface area contributed by atoms with Gasteiger partial charge >= 0.3 is 0 Å². The monoisotopic (exact) mass is 278 g/mol. The molecule has 0 saturated carbocycles. The predicted octanol–water partition coefficient (Wildman–Crippen LogP) is 2.09. The van der Waals surface area contributed by atoms with Crippen LogP contribution >= 0.6 is 11.6 Å². The van der Waals surface area contributed by atoms with E-state index in [0.29, 0.717) is 5.69 Å². The fourth-order valence-corrected chi connectivity index (χ4v) is 1.61. The van der Waals surface area contributed by atoms with Crippen molar-refractivity contribution in [1.82, 2.24) is 15.0 Å². The number of hydrogen-bond donors (Lipinski definition) is 1. The first-order valence-corrected chi connectivity index (χ1v) is 5.79. The summed E-state index contributed by atoms with van der Waals surface area (Å²) >= 11 is 5.79. The maximum absolute atomic E-state index is 12.0. The zero-order valence-electron chi connectivity index (χ0n) is 10.3. The molecule has 1 N–H and O–H groups in total. The lowest BCUT2D eigenvalue weighted by Crippen LogP contribution is -2.17. The van der Waals surface area contributed by atoms with E-state index in [-0.39, 0.29) is 17.0 Å². The minimum atomic E-state index is -0.401. The van der Waals surface area contributed by atoms with E-state index >= 15 is 0 Å². The van der Waals surface area contributed by atoms with Crippen molar-refractivity contribution in [1.29, 1.82) is 0 Å². The Morgan fingerprint density at radius 1 is 1.42 bits per heavy atom. The molecule has 0 unspecified atom stereocenters. The number of amides is 1. The van der Waals surface area contributed by atoms with Crippen LogP contribution in [-0.2, 0) is 0 Å². The van der Waals surface area contributed by atoms with Crippen LogP contribution in [0.25, 0.3) is 0 Å². The Bertz CT molecular complexity index is 618. The van der Waals surface area contributed by atoms with E-state index in [4.69, 9.17) is 16.3 Å². The highest BCUT2D eigenvalue weighted by Gasteiger charge is 2.13. The van der Waals surface area contributed by atoms with Gasteiger partial charge in [0.25, 0.3) is 5.91 Å². The summed E-state index contributed by atoms with van der Waals surface area (Å²) in [5.74, 6) is -0.0603. The highest BCUT2D eigenvalue weighted by Crippen LogP contribution is 2.16. The molecule has 7 heteroatoms. The molecule has 6 nitrogen and oxygen atoms in total. The summed E-state index contributed by atoms with van der Waals surface area (Å²) in [4.78, 5) is 23.9. The maximum atomic E-state index is 12.0. The van der Waals surface area contributed by atoms with E-state index in [1.165, 1.54) is 13.2 Å². The molecule has 0 aliphatic carbocycles. The van der Waals surface area contributed by atoms with Crippen molar-refractivity contribution in [3.63, 3.8) is 0 Å². The van der Waals surface area contributed by atoms with Gasteiger partial charge < -0.3 is 4.74 Å². The molecular formula is C12H11ClN4O2. The number of nitrogens with one attached hydrogen (secondary N) is 1. The van der Waals surface area contributed by atoms with Crippen LogP contribution in [0.4, 0.5) is 5.95 Å². The largest absolute Gasteiger partial charge is 0.481 e. The number of rotatable bonds is 3. The molecule has 98 valence electrons. The molecule has 2 rings (SSSR count). The summed E-state index contributed by atoms with van der Waals surface area (Å²) < 4.78 is 4.94. The highest BCUT2D eigenvalue weighted by atomic mass is 35.5. The minimum Gasteiger partial charge on any atom is -0.481 e. The first kappa shape index (κ1) is 13.2. The zero-order chi connectivity index (χ0) is 13.8. The number of ether oxygens (including phenoxy) is 1. The molecule has 2 aromatic heterocycles. The Balaban J connectivity index is 2.24. The van der Waals surface area contributed by atoms with Crippen molar-refractivity contribution < 1.29 is 9.53 Å². The lowest BCUT2D eigenvalue weighted by atomic mass is 10.2. The average Bonchev–Trinajstić information content (AvgIpc) is 2.38. The summed E-state index contributed by atoms with van der Waals surface area (Å²) in [6, 6.07) is 5.00. The first-order valence-electron chi connectivity index (χ1n) is 5.41. The molecule has 0 spiro atoms. The third-order valence-corrected chi connectivity index (χ3v) is 2.52. The summed E-state index contributed by atoms with van der Waals surface area (Å²) in [5, 5.41) is 2.71. The Morgan fingerprint density at radius 2 is 2.21 bits per heavy atom. The van der Waals surface area contributed by atoms with E-state index in [1.807, 2.05) is 0 Å².